The van der Waals surface area contributed by atoms with Gasteiger partial charge in [0.25, 0.3) is 0 Å². The largest absolute Gasteiger partial charge is 0.338 e. The number of aryl methyl sites for hydroxylation is 1. The number of rotatable bonds is 6. The van der Waals surface area contributed by atoms with Gasteiger partial charge in [0, 0.05) is 12.3 Å². The molecule has 0 bridgehead atoms. The molecule has 0 saturated heterocycles. The van der Waals surface area contributed by atoms with Gasteiger partial charge in [0.05, 0.1) is 5.75 Å². The molecule has 5 heteroatoms. The van der Waals surface area contributed by atoms with Gasteiger partial charge in [-0.05, 0) is 24.5 Å². The van der Waals surface area contributed by atoms with E-state index in [-0.39, 0.29) is 11.7 Å². The van der Waals surface area contributed by atoms with Crippen LogP contribution in [0.2, 0.25) is 0 Å². The molecule has 2 N–H and O–H groups in total. The highest BCUT2D eigenvalue weighted by Crippen LogP contribution is 2.15. The predicted molar refractivity (Wildman–Crippen MR) is 79.2 cm³/mol. The van der Waals surface area contributed by atoms with E-state index in [9.17, 15) is 9.59 Å². The Kier molecular flexibility index (Phi) is 7.03. The fourth-order valence-electron chi connectivity index (χ4n) is 1.47. The molecule has 0 aromatic heterocycles. The fraction of sp³-hybridized carbons (Fsp3) is 0.429. The van der Waals surface area contributed by atoms with Crippen molar-refractivity contribution in [2.24, 2.45) is 0 Å². The maximum Gasteiger partial charge on any atom is 0.321 e. The first-order chi connectivity index (χ1) is 9.13. The Morgan fingerprint density at radius 3 is 2.68 bits per heavy atom. The lowest BCUT2D eigenvalue weighted by molar-refractivity contribution is -0.117. The van der Waals surface area contributed by atoms with Crippen molar-refractivity contribution in [1.29, 1.82) is 0 Å². The molecule has 0 aliphatic rings. The van der Waals surface area contributed by atoms with Gasteiger partial charge in [-0.2, -0.15) is 0 Å². The second kappa shape index (κ2) is 8.58. The summed E-state index contributed by atoms with van der Waals surface area (Å²) in [6.07, 6.45) is 0.851. The Balaban J connectivity index is 2.24. The minimum Gasteiger partial charge on any atom is -0.338 e. The van der Waals surface area contributed by atoms with Crippen molar-refractivity contribution < 1.29 is 9.59 Å². The number of carbonyl (C=O) groups excluding carboxylic acids is 2. The first-order valence-corrected chi connectivity index (χ1v) is 7.49. The Labute approximate surface area is 118 Å². The molecule has 0 radical (unpaired) electrons. The molecule has 3 amide bonds. The zero-order valence-corrected chi connectivity index (χ0v) is 12.2. The third kappa shape index (κ3) is 6.29. The predicted octanol–water partition coefficient (Wildman–Crippen LogP) is 2.46. The van der Waals surface area contributed by atoms with Crippen LogP contribution in [0.25, 0.3) is 0 Å². The van der Waals surface area contributed by atoms with Crippen molar-refractivity contribution in [2.75, 3.05) is 12.3 Å². The number of benzene rings is 1. The lowest BCUT2D eigenvalue weighted by Crippen LogP contribution is -2.40. The zero-order valence-electron chi connectivity index (χ0n) is 11.4. The Morgan fingerprint density at radius 1 is 1.26 bits per heavy atom. The smallest absolute Gasteiger partial charge is 0.321 e. The summed E-state index contributed by atoms with van der Waals surface area (Å²) in [6, 6.07) is 7.67. The summed E-state index contributed by atoms with van der Waals surface area (Å²) in [7, 11) is 0. The molecule has 19 heavy (non-hydrogen) atoms. The van der Waals surface area contributed by atoms with E-state index in [1.54, 1.807) is 0 Å². The third-order valence-electron chi connectivity index (χ3n) is 2.54. The average Bonchev–Trinajstić information content (AvgIpc) is 2.38. The Bertz CT molecular complexity index is 435. The SMILES string of the molecule is CCCNC(=O)NC(=O)CSCc1ccccc1C. The van der Waals surface area contributed by atoms with E-state index in [0.29, 0.717) is 6.54 Å². The van der Waals surface area contributed by atoms with Crippen LogP contribution >= 0.6 is 11.8 Å². The number of amides is 3. The first-order valence-electron chi connectivity index (χ1n) is 6.33. The third-order valence-corrected chi connectivity index (χ3v) is 3.52. The van der Waals surface area contributed by atoms with Crippen LogP contribution in [0.3, 0.4) is 0 Å². The van der Waals surface area contributed by atoms with Gasteiger partial charge >= 0.3 is 6.03 Å². The van der Waals surface area contributed by atoms with Crippen molar-refractivity contribution in [2.45, 2.75) is 26.0 Å². The maximum atomic E-state index is 11.5. The second-order valence-corrected chi connectivity index (χ2v) is 5.21. The molecule has 0 atom stereocenters. The molecule has 104 valence electrons. The monoisotopic (exact) mass is 280 g/mol. The van der Waals surface area contributed by atoms with Gasteiger partial charge in [-0.1, -0.05) is 31.2 Å². The molecule has 0 saturated carbocycles. The molecule has 0 aliphatic carbocycles. The van der Waals surface area contributed by atoms with Crippen molar-refractivity contribution in [3.8, 4) is 0 Å². The van der Waals surface area contributed by atoms with Crippen molar-refractivity contribution in [3.63, 3.8) is 0 Å². The molecule has 1 rings (SSSR count). The van der Waals surface area contributed by atoms with Crippen LogP contribution < -0.4 is 10.6 Å². The Hall–Kier alpha value is -1.49. The van der Waals surface area contributed by atoms with Crippen LogP contribution in [0.1, 0.15) is 24.5 Å². The highest BCUT2D eigenvalue weighted by atomic mass is 32.2. The number of carbonyl (C=O) groups is 2. The number of urea groups is 1. The summed E-state index contributed by atoms with van der Waals surface area (Å²) in [4.78, 5) is 22.7. The van der Waals surface area contributed by atoms with E-state index in [1.807, 2.05) is 38.1 Å². The van der Waals surface area contributed by atoms with E-state index < -0.39 is 6.03 Å². The Morgan fingerprint density at radius 2 is 2.00 bits per heavy atom. The molecule has 1 aromatic carbocycles. The van der Waals surface area contributed by atoms with Crippen LogP contribution in [-0.2, 0) is 10.5 Å². The minimum absolute atomic E-state index is 0.257. The number of nitrogens with one attached hydrogen (secondary N) is 2. The molecular formula is C14H20N2O2S. The molecule has 0 aliphatic heterocycles. The lowest BCUT2D eigenvalue weighted by Gasteiger charge is -2.06. The summed E-state index contributed by atoms with van der Waals surface area (Å²) in [6.45, 7) is 4.59. The highest BCUT2D eigenvalue weighted by Gasteiger charge is 2.07. The van der Waals surface area contributed by atoms with Crippen molar-refractivity contribution in [1.82, 2.24) is 10.6 Å². The van der Waals surface area contributed by atoms with Gasteiger partial charge in [-0.25, -0.2) is 4.79 Å². The van der Waals surface area contributed by atoms with Crippen LogP contribution in [0.15, 0.2) is 24.3 Å². The molecule has 0 heterocycles. The van der Waals surface area contributed by atoms with Crippen LogP contribution in [0, 0.1) is 6.92 Å². The molecule has 1 aromatic rings. The number of imide groups is 1. The standard InChI is InChI=1S/C14H20N2O2S/c1-3-8-15-14(18)16-13(17)10-19-9-12-7-5-4-6-11(12)2/h4-7H,3,8-10H2,1-2H3,(H2,15,16,17,18). The van der Waals surface area contributed by atoms with Crippen LogP contribution in [-0.4, -0.2) is 24.2 Å². The summed E-state index contributed by atoms with van der Waals surface area (Å²) in [5, 5.41) is 4.91. The van der Waals surface area contributed by atoms with Gasteiger partial charge in [-0.15, -0.1) is 11.8 Å². The van der Waals surface area contributed by atoms with Crippen LogP contribution in [0.4, 0.5) is 4.79 Å². The lowest BCUT2D eigenvalue weighted by atomic mass is 10.1. The van der Waals surface area contributed by atoms with Crippen LogP contribution in [0.5, 0.6) is 0 Å². The number of hydrogen-bond acceptors (Lipinski definition) is 3. The van der Waals surface area contributed by atoms with Gasteiger partial charge in [0.2, 0.25) is 5.91 Å². The zero-order chi connectivity index (χ0) is 14.1. The molecular weight excluding hydrogens is 260 g/mol. The summed E-state index contributed by atoms with van der Waals surface area (Å²) in [5.41, 5.74) is 2.44. The summed E-state index contributed by atoms with van der Waals surface area (Å²) < 4.78 is 0. The van der Waals surface area contributed by atoms with E-state index in [2.05, 4.69) is 10.6 Å². The molecule has 0 fully saturated rings. The average molecular weight is 280 g/mol. The number of hydrogen-bond donors (Lipinski definition) is 2. The van der Waals surface area contributed by atoms with Gasteiger partial charge in [0.1, 0.15) is 0 Å². The van der Waals surface area contributed by atoms with E-state index in [1.165, 1.54) is 22.9 Å². The second-order valence-electron chi connectivity index (χ2n) is 4.22. The maximum absolute atomic E-state index is 11.5. The summed E-state index contributed by atoms with van der Waals surface area (Å²) in [5.74, 6) is 0.803. The van der Waals surface area contributed by atoms with Gasteiger partial charge in [0.15, 0.2) is 0 Å². The van der Waals surface area contributed by atoms with Crippen molar-refractivity contribution in [3.05, 3.63) is 35.4 Å². The van der Waals surface area contributed by atoms with Gasteiger partial charge < -0.3 is 5.32 Å². The topological polar surface area (TPSA) is 58.2 Å². The highest BCUT2D eigenvalue weighted by molar-refractivity contribution is 7.99. The first kappa shape index (κ1) is 15.6. The quantitative estimate of drug-likeness (QED) is 0.841. The molecule has 4 nitrogen and oxygen atoms in total. The molecule has 0 spiro atoms. The molecule has 0 unspecified atom stereocenters. The van der Waals surface area contributed by atoms with E-state index in [4.69, 9.17) is 0 Å². The van der Waals surface area contributed by atoms with E-state index in [0.717, 1.165) is 12.2 Å². The normalized spacial score (nSPS) is 10.0. The minimum atomic E-state index is -0.414. The number of thioether (sulfide) groups is 1. The van der Waals surface area contributed by atoms with E-state index >= 15 is 0 Å². The van der Waals surface area contributed by atoms with Gasteiger partial charge in [-0.3, -0.25) is 10.1 Å². The summed E-state index contributed by atoms with van der Waals surface area (Å²) >= 11 is 1.50. The fourth-order valence-corrected chi connectivity index (χ4v) is 2.37. The van der Waals surface area contributed by atoms with Crippen molar-refractivity contribution >= 4 is 23.7 Å².